The highest BCUT2D eigenvalue weighted by molar-refractivity contribution is 6.42. The fraction of sp³-hybridized carbons (Fsp3) is 0.273. The first kappa shape index (κ1) is 24.3. The van der Waals surface area contributed by atoms with Crippen LogP contribution in [-0.2, 0) is 20.9 Å². The van der Waals surface area contributed by atoms with Crippen LogP contribution >= 0.6 is 23.2 Å². The normalized spacial score (nSPS) is 16.0. The Labute approximate surface area is 199 Å². The van der Waals surface area contributed by atoms with E-state index < -0.39 is 29.7 Å². The summed E-state index contributed by atoms with van der Waals surface area (Å²) in [7, 11) is 1.51. The van der Waals surface area contributed by atoms with E-state index in [-0.39, 0.29) is 36.1 Å². The van der Waals surface area contributed by atoms with Crippen LogP contribution < -0.4 is 15.0 Å². The van der Waals surface area contributed by atoms with E-state index in [4.69, 9.17) is 33.0 Å². The summed E-state index contributed by atoms with van der Waals surface area (Å²) < 4.78 is 5.14. The second-order valence-corrected chi connectivity index (χ2v) is 8.00. The first-order valence-corrected chi connectivity index (χ1v) is 10.7. The Morgan fingerprint density at radius 3 is 2.48 bits per heavy atom. The molecule has 2 N–H and O–H groups in total. The predicted molar refractivity (Wildman–Crippen MR) is 122 cm³/mol. The molecule has 0 bridgehead atoms. The molecule has 4 amide bonds. The van der Waals surface area contributed by atoms with Gasteiger partial charge in [0.15, 0.2) is 0 Å². The van der Waals surface area contributed by atoms with E-state index in [1.165, 1.54) is 12.0 Å². The van der Waals surface area contributed by atoms with Gasteiger partial charge >= 0.3 is 12.0 Å². The lowest BCUT2D eigenvalue weighted by atomic mass is 10.0. The van der Waals surface area contributed by atoms with E-state index in [9.17, 15) is 19.2 Å². The van der Waals surface area contributed by atoms with Crippen molar-refractivity contribution in [3.05, 3.63) is 58.1 Å². The van der Waals surface area contributed by atoms with Crippen LogP contribution in [0.4, 0.5) is 10.5 Å². The Hall–Kier alpha value is -3.30. The fourth-order valence-electron chi connectivity index (χ4n) is 3.34. The van der Waals surface area contributed by atoms with Gasteiger partial charge in [0.25, 0.3) is 0 Å². The van der Waals surface area contributed by atoms with Crippen molar-refractivity contribution in [1.29, 1.82) is 0 Å². The van der Waals surface area contributed by atoms with Gasteiger partial charge in [-0.25, -0.2) is 4.79 Å². The lowest BCUT2D eigenvalue weighted by molar-refractivity contribution is -0.140. The summed E-state index contributed by atoms with van der Waals surface area (Å²) in [5, 5.41) is 11.7. The molecule has 174 valence electrons. The summed E-state index contributed by atoms with van der Waals surface area (Å²) in [5.41, 5.74) is 0.895. The summed E-state index contributed by atoms with van der Waals surface area (Å²) in [6.07, 6.45) is -0.296. The number of urea groups is 1. The number of halogens is 2. The molecule has 2 aromatic rings. The number of imide groups is 1. The number of rotatable bonds is 8. The van der Waals surface area contributed by atoms with Crippen LogP contribution in [0.25, 0.3) is 0 Å². The van der Waals surface area contributed by atoms with Crippen molar-refractivity contribution in [2.75, 3.05) is 25.1 Å². The number of carbonyl (C=O) groups excluding carboxylic acids is 3. The number of aliphatic carboxylic acids is 1. The third kappa shape index (κ3) is 5.55. The summed E-state index contributed by atoms with van der Waals surface area (Å²) in [4.78, 5) is 52.2. The number of amides is 4. The number of carbonyl (C=O) groups is 4. The van der Waals surface area contributed by atoms with Gasteiger partial charge in [-0.2, -0.15) is 0 Å². The van der Waals surface area contributed by atoms with Gasteiger partial charge in [-0.15, -0.1) is 0 Å². The monoisotopic (exact) mass is 493 g/mol. The average Bonchev–Trinajstić information content (AvgIpc) is 2.79. The Morgan fingerprint density at radius 2 is 1.85 bits per heavy atom. The number of methoxy groups -OCH3 is 1. The van der Waals surface area contributed by atoms with Crippen LogP contribution in [0.3, 0.4) is 0 Å². The quantitative estimate of drug-likeness (QED) is 0.545. The smallest absolute Gasteiger partial charge is 0.331 e. The second-order valence-electron chi connectivity index (χ2n) is 7.22. The Bertz CT molecular complexity index is 1080. The number of benzene rings is 2. The molecule has 1 aliphatic rings. The minimum Gasteiger partial charge on any atom is -0.497 e. The lowest BCUT2D eigenvalue weighted by Crippen LogP contribution is -2.60. The summed E-state index contributed by atoms with van der Waals surface area (Å²) in [5.74, 6) is -3.14. The van der Waals surface area contributed by atoms with E-state index in [0.29, 0.717) is 17.0 Å². The van der Waals surface area contributed by atoms with Crippen LogP contribution in [0.15, 0.2) is 42.5 Å². The van der Waals surface area contributed by atoms with Crippen molar-refractivity contribution < 1.29 is 29.0 Å². The molecule has 33 heavy (non-hydrogen) atoms. The number of hydrogen-bond donors (Lipinski definition) is 2. The van der Waals surface area contributed by atoms with E-state index >= 15 is 0 Å². The molecule has 1 unspecified atom stereocenters. The van der Waals surface area contributed by atoms with Gasteiger partial charge in [0.2, 0.25) is 11.8 Å². The van der Waals surface area contributed by atoms with Gasteiger partial charge in [-0.1, -0.05) is 35.3 Å². The van der Waals surface area contributed by atoms with Crippen LogP contribution in [0.5, 0.6) is 5.75 Å². The number of nitrogens with zero attached hydrogens (tertiary/aromatic N) is 2. The maximum absolute atomic E-state index is 13.3. The number of ether oxygens (including phenoxy) is 1. The summed E-state index contributed by atoms with van der Waals surface area (Å²) >= 11 is 12.3. The van der Waals surface area contributed by atoms with Crippen molar-refractivity contribution in [2.45, 2.75) is 13.0 Å². The van der Waals surface area contributed by atoms with Crippen LogP contribution in [0.2, 0.25) is 10.0 Å². The van der Waals surface area contributed by atoms with Crippen molar-refractivity contribution in [1.82, 2.24) is 10.2 Å². The average molecular weight is 494 g/mol. The first-order valence-electron chi connectivity index (χ1n) is 9.92. The Balaban J connectivity index is 1.92. The molecular weight excluding hydrogens is 473 g/mol. The molecule has 0 spiro atoms. The highest BCUT2D eigenvalue weighted by Gasteiger charge is 2.43. The molecule has 11 heteroatoms. The molecule has 0 radical (unpaired) electrons. The van der Waals surface area contributed by atoms with Crippen molar-refractivity contribution in [3.63, 3.8) is 0 Å². The molecule has 3 rings (SSSR count). The summed E-state index contributed by atoms with van der Waals surface area (Å²) in [6.45, 7) is -0.542. The Kier molecular flexibility index (Phi) is 7.78. The first-order chi connectivity index (χ1) is 15.7. The minimum atomic E-state index is -1.24. The zero-order valence-electron chi connectivity index (χ0n) is 17.6. The molecule has 0 aliphatic carbocycles. The molecule has 1 aliphatic heterocycles. The topological polar surface area (TPSA) is 116 Å². The number of carboxylic acids is 1. The zero-order chi connectivity index (χ0) is 24.1. The molecule has 1 fully saturated rings. The molecule has 1 heterocycles. The largest absolute Gasteiger partial charge is 0.497 e. The Morgan fingerprint density at radius 1 is 1.15 bits per heavy atom. The number of hydrogen-bond acceptors (Lipinski definition) is 5. The minimum absolute atomic E-state index is 0.144. The third-order valence-corrected chi connectivity index (χ3v) is 5.95. The lowest BCUT2D eigenvalue weighted by Gasteiger charge is -2.38. The predicted octanol–water partition coefficient (Wildman–Crippen LogP) is 3.18. The fourth-order valence-corrected chi connectivity index (χ4v) is 3.72. The highest BCUT2D eigenvalue weighted by atomic mass is 35.5. The molecule has 1 saturated heterocycles. The van der Waals surface area contributed by atoms with E-state index in [0.717, 1.165) is 4.90 Å². The van der Waals surface area contributed by atoms with Crippen molar-refractivity contribution in [2.24, 2.45) is 5.92 Å². The van der Waals surface area contributed by atoms with Gasteiger partial charge in [0.05, 0.1) is 30.1 Å². The molecule has 1 atom stereocenters. The molecular formula is C22H21Cl2N3O6. The molecule has 0 saturated carbocycles. The summed E-state index contributed by atoms with van der Waals surface area (Å²) in [6, 6.07) is 10.8. The van der Waals surface area contributed by atoms with E-state index in [2.05, 4.69) is 5.32 Å². The van der Waals surface area contributed by atoms with Crippen LogP contribution in [-0.4, -0.2) is 54.0 Å². The molecule has 0 aromatic heterocycles. The van der Waals surface area contributed by atoms with E-state index in [1.54, 1.807) is 42.5 Å². The maximum atomic E-state index is 13.3. The standard InChI is InChI=1S/C22H21Cl2N3O6/c1-33-15-7-5-14(6-8-15)26-12-16(20(30)25-10-9-18(28)29)21(31)27(22(26)32)11-13-3-2-4-17(23)19(13)24/h2-8,16H,9-12H2,1H3,(H,25,30)(H,28,29). The highest BCUT2D eigenvalue weighted by Crippen LogP contribution is 2.30. The second kappa shape index (κ2) is 10.5. The number of carboxylic acid groups (broad SMARTS) is 1. The molecule has 2 aromatic carbocycles. The number of anilines is 1. The van der Waals surface area contributed by atoms with Crippen LogP contribution in [0, 0.1) is 5.92 Å². The SMILES string of the molecule is COc1ccc(N2CC(C(=O)NCCC(=O)O)C(=O)N(Cc3cccc(Cl)c3Cl)C2=O)cc1. The zero-order valence-corrected chi connectivity index (χ0v) is 19.1. The van der Waals surface area contributed by atoms with Crippen molar-refractivity contribution in [3.8, 4) is 5.75 Å². The van der Waals surface area contributed by atoms with Gasteiger partial charge in [-0.05, 0) is 35.9 Å². The maximum Gasteiger partial charge on any atom is 0.331 e. The van der Waals surface area contributed by atoms with Crippen molar-refractivity contribution >= 4 is 52.7 Å². The van der Waals surface area contributed by atoms with Gasteiger partial charge < -0.3 is 15.2 Å². The number of nitrogens with one attached hydrogen (secondary N) is 1. The van der Waals surface area contributed by atoms with Gasteiger partial charge in [0.1, 0.15) is 11.7 Å². The van der Waals surface area contributed by atoms with Crippen LogP contribution in [0.1, 0.15) is 12.0 Å². The third-order valence-electron chi connectivity index (χ3n) is 5.09. The van der Waals surface area contributed by atoms with Gasteiger partial charge in [0, 0.05) is 18.8 Å². The van der Waals surface area contributed by atoms with Gasteiger partial charge in [-0.3, -0.25) is 24.2 Å². The molecule has 9 nitrogen and oxygen atoms in total. The van der Waals surface area contributed by atoms with E-state index in [1.807, 2.05) is 0 Å².